The Morgan fingerprint density at radius 2 is 2.13 bits per heavy atom. The highest BCUT2D eigenvalue weighted by atomic mass is 35.5. The SMILES string of the molecule is C=CCN1CCCCC1CCCCC.Cl. The molecule has 1 aliphatic heterocycles. The van der Waals surface area contributed by atoms with Crippen LogP contribution in [0.15, 0.2) is 12.7 Å². The lowest BCUT2D eigenvalue weighted by molar-refractivity contribution is 0.154. The van der Waals surface area contributed by atoms with Crippen LogP contribution in [0, 0.1) is 0 Å². The Morgan fingerprint density at radius 1 is 1.33 bits per heavy atom. The Balaban J connectivity index is 0.00000196. The van der Waals surface area contributed by atoms with E-state index >= 15 is 0 Å². The van der Waals surface area contributed by atoms with Crippen LogP contribution in [0.25, 0.3) is 0 Å². The summed E-state index contributed by atoms with van der Waals surface area (Å²) in [7, 11) is 0. The number of halogens is 1. The van der Waals surface area contributed by atoms with Gasteiger partial charge in [0.15, 0.2) is 0 Å². The maximum Gasteiger partial charge on any atom is 0.0163 e. The zero-order valence-electron chi connectivity index (χ0n) is 10.1. The number of unbranched alkanes of at least 4 members (excludes halogenated alkanes) is 2. The van der Waals surface area contributed by atoms with Crippen molar-refractivity contribution in [3.63, 3.8) is 0 Å². The van der Waals surface area contributed by atoms with E-state index in [1.165, 1.54) is 51.5 Å². The first-order chi connectivity index (χ1) is 6.88. The minimum absolute atomic E-state index is 0. The summed E-state index contributed by atoms with van der Waals surface area (Å²) >= 11 is 0. The maximum absolute atomic E-state index is 3.84. The van der Waals surface area contributed by atoms with E-state index in [0.717, 1.165) is 12.6 Å². The molecule has 1 nitrogen and oxygen atoms in total. The van der Waals surface area contributed by atoms with Gasteiger partial charge in [-0.1, -0.05) is 38.7 Å². The lowest BCUT2D eigenvalue weighted by Gasteiger charge is -2.35. The fourth-order valence-corrected chi connectivity index (χ4v) is 2.42. The highest BCUT2D eigenvalue weighted by molar-refractivity contribution is 5.85. The van der Waals surface area contributed by atoms with Crippen molar-refractivity contribution in [2.24, 2.45) is 0 Å². The summed E-state index contributed by atoms with van der Waals surface area (Å²) in [5.41, 5.74) is 0. The van der Waals surface area contributed by atoms with Crippen LogP contribution in [0.5, 0.6) is 0 Å². The average molecular weight is 232 g/mol. The molecule has 0 aliphatic carbocycles. The van der Waals surface area contributed by atoms with Gasteiger partial charge in [-0.2, -0.15) is 0 Å². The van der Waals surface area contributed by atoms with Crippen molar-refractivity contribution in [1.82, 2.24) is 4.90 Å². The summed E-state index contributed by atoms with van der Waals surface area (Å²) in [6.45, 7) is 8.51. The summed E-state index contributed by atoms with van der Waals surface area (Å²) in [5.74, 6) is 0. The van der Waals surface area contributed by atoms with Gasteiger partial charge in [-0.25, -0.2) is 0 Å². The van der Waals surface area contributed by atoms with Gasteiger partial charge in [0.25, 0.3) is 0 Å². The van der Waals surface area contributed by atoms with Crippen LogP contribution >= 0.6 is 12.4 Å². The molecule has 0 spiro atoms. The molecule has 2 heteroatoms. The molecule has 1 saturated heterocycles. The fourth-order valence-electron chi connectivity index (χ4n) is 2.42. The Bertz CT molecular complexity index is 159. The smallest absolute Gasteiger partial charge is 0.0163 e. The van der Waals surface area contributed by atoms with Crippen molar-refractivity contribution < 1.29 is 0 Å². The Kier molecular flexibility index (Phi) is 9.23. The van der Waals surface area contributed by atoms with E-state index in [2.05, 4.69) is 24.5 Å². The first kappa shape index (κ1) is 15.0. The molecule has 0 bridgehead atoms. The molecule has 0 aromatic rings. The standard InChI is InChI=1S/C13H25N.ClH/c1-3-5-6-9-13-10-7-8-12-14(13)11-4-2;/h4,13H,2-3,5-12H2,1H3;1H. The Labute approximate surface area is 101 Å². The summed E-state index contributed by atoms with van der Waals surface area (Å²) in [6.07, 6.45) is 11.8. The zero-order valence-corrected chi connectivity index (χ0v) is 10.9. The summed E-state index contributed by atoms with van der Waals surface area (Å²) in [4.78, 5) is 2.62. The van der Waals surface area contributed by atoms with Crippen molar-refractivity contribution >= 4 is 12.4 Å². The Hall–Kier alpha value is -0.0100. The molecular formula is C13H26ClN. The largest absolute Gasteiger partial charge is 0.297 e. The Morgan fingerprint density at radius 3 is 2.80 bits per heavy atom. The van der Waals surface area contributed by atoms with Gasteiger partial charge in [0, 0.05) is 12.6 Å². The quantitative estimate of drug-likeness (QED) is 0.493. The topological polar surface area (TPSA) is 3.24 Å². The predicted octanol–water partition coefficient (Wildman–Crippen LogP) is 4.03. The lowest BCUT2D eigenvalue weighted by Crippen LogP contribution is -2.39. The minimum Gasteiger partial charge on any atom is -0.297 e. The number of hydrogen-bond donors (Lipinski definition) is 0. The van der Waals surface area contributed by atoms with Gasteiger partial charge in [0.1, 0.15) is 0 Å². The molecule has 0 radical (unpaired) electrons. The summed E-state index contributed by atoms with van der Waals surface area (Å²) in [6, 6.07) is 0.855. The van der Waals surface area contributed by atoms with Gasteiger partial charge >= 0.3 is 0 Å². The van der Waals surface area contributed by atoms with E-state index in [4.69, 9.17) is 0 Å². The molecule has 1 fully saturated rings. The van der Waals surface area contributed by atoms with Gasteiger partial charge < -0.3 is 0 Å². The molecule has 1 atom stereocenters. The molecule has 0 aromatic carbocycles. The van der Waals surface area contributed by atoms with Crippen molar-refractivity contribution in [2.75, 3.05) is 13.1 Å². The summed E-state index contributed by atoms with van der Waals surface area (Å²) in [5, 5.41) is 0. The molecule has 0 saturated carbocycles. The van der Waals surface area contributed by atoms with Crippen molar-refractivity contribution in [1.29, 1.82) is 0 Å². The van der Waals surface area contributed by atoms with Gasteiger partial charge in [-0.15, -0.1) is 19.0 Å². The first-order valence-electron chi connectivity index (χ1n) is 6.23. The third-order valence-corrected chi connectivity index (χ3v) is 3.25. The number of nitrogens with zero attached hydrogens (tertiary/aromatic N) is 1. The number of hydrogen-bond acceptors (Lipinski definition) is 1. The predicted molar refractivity (Wildman–Crippen MR) is 70.8 cm³/mol. The van der Waals surface area contributed by atoms with Crippen LogP contribution in [0.4, 0.5) is 0 Å². The second kappa shape index (κ2) is 9.23. The molecule has 1 heterocycles. The summed E-state index contributed by atoms with van der Waals surface area (Å²) < 4.78 is 0. The van der Waals surface area contributed by atoms with Gasteiger partial charge in [-0.3, -0.25) is 4.90 Å². The zero-order chi connectivity index (χ0) is 10.2. The monoisotopic (exact) mass is 231 g/mol. The van der Waals surface area contributed by atoms with Crippen LogP contribution in [0.2, 0.25) is 0 Å². The van der Waals surface area contributed by atoms with Crippen molar-refractivity contribution in [3.05, 3.63) is 12.7 Å². The van der Waals surface area contributed by atoms with Crippen molar-refractivity contribution in [2.45, 2.75) is 57.9 Å². The first-order valence-corrected chi connectivity index (χ1v) is 6.23. The van der Waals surface area contributed by atoms with E-state index < -0.39 is 0 Å². The third-order valence-electron chi connectivity index (χ3n) is 3.25. The molecule has 1 unspecified atom stereocenters. The van der Waals surface area contributed by atoms with Crippen LogP contribution in [-0.4, -0.2) is 24.0 Å². The number of rotatable bonds is 6. The number of likely N-dealkylation sites (tertiary alicyclic amines) is 1. The molecule has 1 rings (SSSR count). The average Bonchev–Trinajstić information content (AvgIpc) is 2.21. The van der Waals surface area contributed by atoms with Gasteiger partial charge in [0.2, 0.25) is 0 Å². The maximum atomic E-state index is 3.84. The molecular weight excluding hydrogens is 206 g/mol. The second-order valence-electron chi connectivity index (χ2n) is 4.43. The van der Waals surface area contributed by atoms with Gasteiger partial charge in [-0.05, 0) is 25.8 Å². The van der Waals surface area contributed by atoms with Crippen LogP contribution < -0.4 is 0 Å². The molecule has 1 aliphatic rings. The van der Waals surface area contributed by atoms with Crippen LogP contribution in [0.1, 0.15) is 51.9 Å². The van der Waals surface area contributed by atoms with Crippen LogP contribution in [-0.2, 0) is 0 Å². The second-order valence-corrected chi connectivity index (χ2v) is 4.43. The van der Waals surface area contributed by atoms with E-state index in [9.17, 15) is 0 Å². The lowest BCUT2D eigenvalue weighted by atomic mass is 9.97. The van der Waals surface area contributed by atoms with Crippen LogP contribution in [0.3, 0.4) is 0 Å². The van der Waals surface area contributed by atoms with E-state index in [-0.39, 0.29) is 12.4 Å². The third kappa shape index (κ3) is 5.58. The highest BCUT2D eigenvalue weighted by Crippen LogP contribution is 2.21. The highest BCUT2D eigenvalue weighted by Gasteiger charge is 2.20. The van der Waals surface area contributed by atoms with E-state index in [1.54, 1.807) is 0 Å². The van der Waals surface area contributed by atoms with Crippen molar-refractivity contribution in [3.8, 4) is 0 Å². The molecule has 90 valence electrons. The molecule has 0 N–H and O–H groups in total. The molecule has 0 amide bonds. The normalized spacial score (nSPS) is 22.1. The van der Waals surface area contributed by atoms with E-state index in [1.807, 2.05) is 0 Å². The molecule has 0 aromatic heterocycles. The fraction of sp³-hybridized carbons (Fsp3) is 0.846. The molecule has 15 heavy (non-hydrogen) atoms. The number of piperidine rings is 1. The van der Waals surface area contributed by atoms with Gasteiger partial charge in [0.05, 0.1) is 0 Å². The van der Waals surface area contributed by atoms with E-state index in [0.29, 0.717) is 0 Å². The minimum atomic E-state index is 0.